The molecule has 1 aromatic carbocycles. The molecule has 2 amide bonds. The maximum atomic E-state index is 12.8. The number of aryl methyl sites for hydroxylation is 2. The lowest BCUT2D eigenvalue weighted by Crippen LogP contribution is -2.36. The highest BCUT2D eigenvalue weighted by Crippen LogP contribution is 2.46. The van der Waals surface area contributed by atoms with Crippen LogP contribution < -0.4 is 0 Å². The van der Waals surface area contributed by atoms with Crippen molar-refractivity contribution < 1.29 is 14.1 Å². The first-order valence-corrected chi connectivity index (χ1v) is 9.57. The van der Waals surface area contributed by atoms with Gasteiger partial charge >= 0.3 is 0 Å². The lowest BCUT2D eigenvalue weighted by atomic mass is 9.87. The Morgan fingerprint density at radius 3 is 2.67 bits per heavy atom. The number of benzene rings is 1. The maximum absolute atomic E-state index is 12.8. The topological polar surface area (TPSA) is 66.7 Å². The van der Waals surface area contributed by atoms with Crippen LogP contribution in [0.5, 0.6) is 0 Å². The molecule has 0 aliphatic carbocycles. The summed E-state index contributed by atoms with van der Waals surface area (Å²) in [7, 11) is 0. The van der Waals surface area contributed by atoms with Gasteiger partial charge in [0.05, 0.1) is 11.7 Å². The van der Waals surface area contributed by atoms with E-state index in [4.69, 9.17) is 4.52 Å². The van der Waals surface area contributed by atoms with Crippen molar-refractivity contribution in [3.05, 3.63) is 52.9 Å². The molecule has 4 rings (SSSR count). The second-order valence-corrected chi connectivity index (χ2v) is 7.64. The predicted molar refractivity (Wildman–Crippen MR) is 100 cm³/mol. The first-order valence-electron chi connectivity index (χ1n) is 9.57. The summed E-state index contributed by atoms with van der Waals surface area (Å²) in [6, 6.07) is 9.98. The third-order valence-corrected chi connectivity index (χ3v) is 5.99. The normalized spacial score (nSPS) is 24.3. The molecule has 142 valence electrons. The summed E-state index contributed by atoms with van der Waals surface area (Å²) >= 11 is 0. The molecule has 27 heavy (non-hydrogen) atoms. The van der Waals surface area contributed by atoms with Gasteiger partial charge in [-0.1, -0.05) is 36.3 Å². The zero-order valence-electron chi connectivity index (χ0n) is 16.0. The minimum absolute atomic E-state index is 0.0208. The highest BCUT2D eigenvalue weighted by molar-refractivity contribution is 5.91. The number of fused-ring (bicyclic) bond motifs is 1. The second kappa shape index (κ2) is 6.83. The van der Waals surface area contributed by atoms with Crippen LogP contribution in [0.15, 0.2) is 34.9 Å². The number of aromatic nitrogens is 1. The zero-order chi connectivity index (χ0) is 19.1. The van der Waals surface area contributed by atoms with Gasteiger partial charge < -0.3 is 14.3 Å². The molecule has 2 saturated heterocycles. The second-order valence-electron chi connectivity index (χ2n) is 7.64. The Hall–Kier alpha value is -2.63. The average Bonchev–Trinajstić information content (AvgIpc) is 3.35. The van der Waals surface area contributed by atoms with Gasteiger partial charge in [0.15, 0.2) is 0 Å². The number of hydrogen-bond acceptors (Lipinski definition) is 4. The third-order valence-electron chi connectivity index (χ3n) is 5.99. The van der Waals surface area contributed by atoms with Crippen LogP contribution in [0.2, 0.25) is 0 Å². The van der Waals surface area contributed by atoms with E-state index in [2.05, 4.69) is 24.2 Å². The van der Waals surface area contributed by atoms with Crippen LogP contribution in [0.25, 0.3) is 0 Å². The highest BCUT2D eigenvalue weighted by Gasteiger charge is 2.50. The van der Waals surface area contributed by atoms with Gasteiger partial charge in [-0.15, -0.1) is 0 Å². The van der Waals surface area contributed by atoms with Crippen LogP contribution in [0.3, 0.4) is 0 Å². The fraction of sp³-hybridized carbons (Fsp3) is 0.476. The van der Waals surface area contributed by atoms with Crippen molar-refractivity contribution in [2.24, 2.45) is 11.8 Å². The number of amides is 2. The number of nitrogens with zero attached hydrogens (tertiary/aromatic N) is 3. The quantitative estimate of drug-likeness (QED) is 0.837. The van der Waals surface area contributed by atoms with Crippen molar-refractivity contribution in [2.45, 2.75) is 33.2 Å². The van der Waals surface area contributed by atoms with Crippen molar-refractivity contribution in [3.63, 3.8) is 0 Å². The third kappa shape index (κ3) is 3.03. The van der Waals surface area contributed by atoms with Crippen molar-refractivity contribution in [1.82, 2.24) is 15.0 Å². The molecule has 0 N–H and O–H groups in total. The Bertz CT molecular complexity index is 875. The highest BCUT2D eigenvalue weighted by atomic mass is 16.5. The maximum Gasteiger partial charge on any atom is 0.292 e. The molecular weight excluding hydrogens is 342 g/mol. The Labute approximate surface area is 159 Å². The van der Waals surface area contributed by atoms with Gasteiger partial charge in [0.25, 0.3) is 5.91 Å². The fourth-order valence-electron chi connectivity index (χ4n) is 4.59. The molecular formula is C21H25N3O3. The number of likely N-dealkylation sites (tertiary alicyclic amines) is 2. The molecule has 0 radical (unpaired) electrons. The Balaban J connectivity index is 1.59. The smallest absolute Gasteiger partial charge is 0.292 e. The summed E-state index contributed by atoms with van der Waals surface area (Å²) < 4.78 is 5.24. The van der Waals surface area contributed by atoms with Crippen LogP contribution in [0.4, 0.5) is 0 Å². The first kappa shape index (κ1) is 17.8. The van der Waals surface area contributed by atoms with Crippen LogP contribution in [0.1, 0.15) is 47.3 Å². The predicted octanol–water partition coefficient (Wildman–Crippen LogP) is 2.84. The molecule has 2 aromatic rings. The van der Waals surface area contributed by atoms with Crippen molar-refractivity contribution in [1.29, 1.82) is 0 Å². The summed E-state index contributed by atoms with van der Waals surface area (Å²) in [5.74, 6) is 0.832. The molecule has 0 saturated carbocycles. The largest absolute Gasteiger partial charge is 0.351 e. The van der Waals surface area contributed by atoms with Gasteiger partial charge in [0.1, 0.15) is 0 Å². The standard InChI is InChI=1S/C21H25N3O3/c1-4-16-9-19(27-22-16)21(26)23-10-15-11-24(14(3)25)20(18(15)12-23)17-8-6-5-7-13(17)2/h5-9,15,18,20H,4,10-12H2,1-3H3/t15-,18-,20-/m1/s1. The molecule has 3 atom stereocenters. The van der Waals surface area contributed by atoms with Crippen molar-refractivity contribution in [3.8, 4) is 0 Å². The molecule has 6 nitrogen and oxygen atoms in total. The number of carbonyl (C=O) groups is 2. The van der Waals surface area contributed by atoms with Gasteiger partial charge in [-0.25, -0.2) is 0 Å². The van der Waals surface area contributed by atoms with Crippen LogP contribution in [-0.2, 0) is 11.2 Å². The van der Waals surface area contributed by atoms with Crippen molar-refractivity contribution in [2.75, 3.05) is 19.6 Å². The van der Waals surface area contributed by atoms with E-state index in [0.717, 1.165) is 12.1 Å². The van der Waals surface area contributed by atoms with E-state index in [-0.39, 0.29) is 29.7 Å². The number of rotatable bonds is 3. The van der Waals surface area contributed by atoms with E-state index in [0.29, 0.717) is 25.4 Å². The molecule has 3 heterocycles. The summed E-state index contributed by atoms with van der Waals surface area (Å²) in [6.07, 6.45) is 0.741. The molecule has 0 bridgehead atoms. The van der Waals surface area contributed by atoms with Crippen molar-refractivity contribution >= 4 is 11.8 Å². The van der Waals surface area contributed by atoms with Crippen LogP contribution in [0, 0.1) is 18.8 Å². The number of carbonyl (C=O) groups excluding carboxylic acids is 2. The first-order chi connectivity index (χ1) is 13.0. The van der Waals surface area contributed by atoms with E-state index in [1.54, 1.807) is 13.0 Å². The Morgan fingerprint density at radius 1 is 1.22 bits per heavy atom. The van der Waals surface area contributed by atoms with Gasteiger partial charge in [0.2, 0.25) is 11.7 Å². The summed E-state index contributed by atoms with van der Waals surface area (Å²) in [5, 5.41) is 3.93. The summed E-state index contributed by atoms with van der Waals surface area (Å²) in [5.41, 5.74) is 3.16. The monoisotopic (exact) mass is 367 g/mol. The minimum Gasteiger partial charge on any atom is -0.351 e. The molecule has 2 aliphatic heterocycles. The summed E-state index contributed by atoms with van der Waals surface area (Å²) in [4.78, 5) is 28.9. The molecule has 1 aromatic heterocycles. The van der Waals surface area contributed by atoms with Gasteiger partial charge in [-0.2, -0.15) is 0 Å². The molecule has 6 heteroatoms. The number of hydrogen-bond donors (Lipinski definition) is 0. The average molecular weight is 367 g/mol. The molecule has 0 spiro atoms. The van der Waals surface area contributed by atoms with Gasteiger partial charge in [0, 0.05) is 44.5 Å². The SMILES string of the molecule is CCc1cc(C(=O)N2C[C@@H]3CN(C(C)=O)[C@H](c4ccccc4C)[C@@H]3C2)on1. The summed E-state index contributed by atoms with van der Waals surface area (Å²) in [6.45, 7) is 7.68. The van der Waals surface area contributed by atoms with E-state index < -0.39 is 0 Å². The molecule has 2 fully saturated rings. The van der Waals surface area contributed by atoms with Gasteiger partial charge in [-0.05, 0) is 24.5 Å². The van der Waals surface area contributed by atoms with E-state index in [1.165, 1.54) is 11.1 Å². The Kier molecular flexibility index (Phi) is 4.50. The zero-order valence-corrected chi connectivity index (χ0v) is 16.0. The van der Waals surface area contributed by atoms with Gasteiger partial charge in [-0.3, -0.25) is 9.59 Å². The van der Waals surface area contributed by atoms with E-state index in [9.17, 15) is 9.59 Å². The lowest BCUT2D eigenvalue weighted by Gasteiger charge is -2.30. The van der Waals surface area contributed by atoms with Crippen LogP contribution in [-0.4, -0.2) is 46.4 Å². The lowest BCUT2D eigenvalue weighted by molar-refractivity contribution is -0.130. The molecule has 0 unspecified atom stereocenters. The molecule has 2 aliphatic rings. The fourth-order valence-corrected chi connectivity index (χ4v) is 4.59. The minimum atomic E-state index is -0.102. The van der Waals surface area contributed by atoms with E-state index in [1.807, 2.05) is 28.9 Å². The Morgan fingerprint density at radius 2 is 2.00 bits per heavy atom. The van der Waals surface area contributed by atoms with E-state index >= 15 is 0 Å². The van der Waals surface area contributed by atoms with Crippen LogP contribution >= 0.6 is 0 Å².